The van der Waals surface area contributed by atoms with Gasteiger partial charge >= 0.3 is 0 Å². The van der Waals surface area contributed by atoms with Gasteiger partial charge in [0.1, 0.15) is 0 Å². The summed E-state index contributed by atoms with van der Waals surface area (Å²) in [7, 11) is 0. The number of nitrogens with zero attached hydrogens (tertiary/aromatic N) is 2. The molecular weight excluding hydrogens is 336 g/mol. The second kappa shape index (κ2) is 8.57. The molecule has 0 radical (unpaired) electrons. The first kappa shape index (κ1) is 18.1. The van der Waals surface area contributed by atoms with Gasteiger partial charge in [0.15, 0.2) is 0 Å². The Kier molecular flexibility index (Phi) is 5.73. The molecule has 0 aromatic heterocycles. The molecule has 2 aliphatic rings. The van der Waals surface area contributed by atoms with E-state index in [1.807, 2.05) is 12.1 Å². The zero-order valence-corrected chi connectivity index (χ0v) is 15.8. The van der Waals surface area contributed by atoms with E-state index in [1.54, 1.807) is 0 Å². The monoisotopic (exact) mass is 364 g/mol. The second-order valence-corrected chi connectivity index (χ2v) is 7.50. The number of carbonyl (C=O) groups excluding carboxylic acids is 1. The van der Waals surface area contributed by atoms with E-state index in [1.165, 1.54) is 17.7 Å². The number of carbonyl (C=O) groups is 1. The molecule has 2 heterocycles. The highest BCUT2D eigenvalue weighted by Crippen LogP contribution is 2.27. The Labute approximate surface area is 161 Å². The number of benzene rings is 2. The molecule has 0 bridgehead atoms. The average Bonchev–Trinajstić information content (AvgIpc) is 3.01. The van der Waals surface area contributed by atoms with Crippen molar-refractivity contribution in [1.29, 1.82) is 0 Å². The molecular formula is C23H28N2O2. The van der Waals surface area contributed by atoms with Crippen molar-refractivity contribution in [2.24, 2.45) is 0 Å². The van der Waals surface area contributed by atoms with E-state index in [0.29, 0.717) is 5.92 Å². The van der Waals surface area contributed by atoms with E-state index in [9.17, 15) is 4.79 Å². The second-order valence-electron chi connectivity index (χ2n) is 7.50. The Hall–Kier alpha value is -2.33. The fraction of sp³-hybridized carbons (Fsp3) is 0.435. The lowest BCUT2D eigenvalue weighted by molar-refractivity contribution is 0.0754. The predicted molar refractivity (Wildman–Crippen MR) is 108 cm³/mol. The molecule has 0 spiro atoms. The van der Waals surface area contributed by atoms with Crippen LogP contribution >= 0.6 is 0 Å². The Morgan fingerprint density at radius 2 is 1.63 bits per heavy atom. The summed E-state index contributed by atoms with van der Waals surface area (Å²) in [6, 6.07) is 18.7. The SMILES string of the molecule is O=C(c1ccc(N2CCOCC2)cc1)N1CCCC[C@@H](c2ccccc2)C1. The maximum Gasteiger partial charge on any atom is 0.253 e. The highest BCUT2D eigenvalue weighted by atomic mass is 16.5. The predicted octanol–water partition coefficient (Wildman–Crippen LogP) is 3.93. The highest BCUT2D eigenvalue weighted by Gasteiger charge is 2.24. The molecule has 2 aliphatic heterocycles. The molecule has 2 aromatic rings. The molecule has 2 saturated heterocycles. The van der Waals surface area contributed by atoms with Crippen LogP contribution in [0, 0.1) is 0 Å². The number of morpholine rings is 1. The first-order chi connectivity index (χ1) is 13.3. The third-order valence-corrected chi connectivity index (χ3v) is 5.72. The fourth-order valence-electron chi connectivity index (χ4n) is 4.14. The van der Waals surface area contributed by atoms with Crippen molar-refractivity contribution < 1.29 is 9.53 Å². The van der Waals surface area contributed by atoms with Crippen LogP contribution in [-0.4, -0.2) is 50.2 Å². The molecule has 4 heteroatoms. The van der Waals surface area contributed by atoms with Gasteiger partial charge in [-0.1, -0.05) is 36.8 Å². The van der Waals surface area contributed by atoms with Gasteiger partial charge in [0.25, 0.3) is 5.91 Å². The van der Waals surface area contributed by atoms with Crippen molar-refractivity contribution in [2.75, 3.05) is 44.3 Å². The van der Waals surface area contributed by atoms with E-state index >= 15 is 0 Å². The number of rotatable bonds is 3. The van der Waals surface area contributed by atoms with Crippen molar-refractivity contribution in [1.82, 2.24) is 4.90 Å². The van der Waals surface area contributed by atoms with Crippen LogP contribution in [0.5, 0.6) is 0 Å². The van der Waals surface area contributed by atoms with Crippen LogP contribution in [0.4, 0.5) is 5.69 Å². The third kappa shape index (κ3) is 4.33. The van der Waals surface area contributed by atoms with Crippen LogP contribution in [0.3, 0.4) is 0 Å². The molecule has 4 rings (SSSR count). The molecule has 1 atom stereocenters. The van der Waals surface area contributed by atoms with Gasteiger partial charge in [-0.25, -0.2) is 0 Å². The summed E-state index contributed by atoms with van der Waals surface area (Å²) in [5.74, 6) is 0.594. The number of anilines is 1. The molecule has 2 fully saturated rings. The Balaban J connectivity index is 1.46. The normalized spacial score (nSPS) is 21.0. The minimum atomic E-state index is 0.159. The van der Waals surface area contributed by atoms with Crippen LogP contribution in [0.2, 0.25) is 0 Å². The van der Waals surface area contributed by atoms with Gasteiger partial charge in [-0.3, -0.25) is 4.79 Å². The molecule has 142 valence electrons. The maximum atomic E-state index is 13.1. The number of amides is 1. The van der Waals surface area contributed by atoms with Crippen molar-refractivity contribution >= 4 is 11.6 Å². The van der Waals surface area contributed by atoms with Crippen LogP contribution in [0.25, 0.3) is 0 Å². The van der Waals surface area contributed by atoms with Crippen LogP contribution in [-0.2, 0) is 4.74 Å². The number of likely N-dealkylation sites (tertiary alicyclic amines) is 1. The summed E-state index contributed by atoms with van der Waals surface area (Å²) < 4.78 is 5.42. The van der Waals surface area contributed by atoms with E-state index in [0.717, 1.165) is 57.8 Å². The maximum absolute atomic E-state index is 13.1. The van der Waals surface area contributed by atoms with Gasteiger partial charge in [-0.2, -0.15) is 0 Å². The number of hydrogen-bond donors (Lipinski definition) is 0. The van der Waals surface area contributed by atoms with Gasteiger partial charge in [0.05, 0.1) is 13.2 Å². The summed E-state index contributed by atoms with van der Waals surface area (Å²) in [5.41, 5.74) is 3.31. The zero-order valence-electron chi connectivity index (χ0n) is 15.8. The number of ether oxygens (including phenoxy) is 1. The molecule has 4 nitrogen and oxygen atoms in total. The van der Waals surface area contributed by atoms with Crippen molar-refractivity contribution in [3.05, 3.63) is 65.7 Å². The van der Waals surface area contributed by atoms with Gasteiger partial charge < -0.3 is 14.5 Å². The van der Waals surface area contributed by atoms with Crippen molar-refractivity contribution in [3.63, 3.8) is 0 Å². The lowest BCUT2D eigenvalue weighted by Gasteiger charge is -2.29. The summed E-state index contributed by atoms with van der Waals surface area (Å²) in [4.78, 5) is 17.5. The lowest BCUT2D eigenvalue weighted by Crippen LogP contribution is -2.36. The molecule has 2 aromatic carbocycles. The smallest absolute Gasteiger partial charge is 0.253 e. The minimum Gasteiger partial charge on any atom is -0.378 e. The standard InChI is InChI=1S/C23H28N2O2/c26-23(20-9-11-22(12-10-20)24-14-16-27-17-15-24)25-13-5-4-8-21(18-25)19-6-2-1-3-7-19/h1-3,6-7,9-12,21H,4-5,8,13-18H2/t21-/m1/s1. The molecule has 0 unspecified atom stereocenters. The summed E-state index contributed by atoms with van der Waals surface area (Å²) >= 11 is 0. The summed E-state index contributed by atoms with van der Waals surface area (Å²) in [6.45, 7) is 5.04. The van der Waals surface area contributed by atoms with Gasteiger partial charge in [0, 0.05) is 43.3 Å². The number of hydrogen-bond acceptors (Lipinski definition) is 3. The summed E-state index contributed by atoms with van der Waals surface area (Å²) in [5, 5.41) is 0. The third-order valence-electron chi connectivity index (χ3n) is 5.72. The van der Waals surface area contributed by atoms with E-state index in [4.69, 9.17) is 4.74 Å². The molecule has 27 heavy (non-hydrogen) atoms. The average molecular weight is 364 g/mol. The fourth-order valence-corrected chi connectivity index (χ4v) is 4.14. The van der Waals surface area contributed by atoms with Crippen LogP contribution < -0.4 is 4.90 Å². The Morgan fingerprint density at radius 1 is 0.889 bits per heavy atom. The van der Waals surface area contributed by atoms with Gasteiger partial charge in [-0.15, -0.1) is 0 Å². The quantitative estimate of drug-likeness (QED) is 0.827. The highest BCUT2D eigenvalue weighted by molar-refractivity contribution is 5.94. The van der Waals surface area contributed by atoms with Crippen LogP contribution in [0.15, 0.2) is 54.6 Å². The minimum absolute atomic E-state index is 0.159. The van der Waals surface area contributed by atoms with E-state index in [2.05, 4.69) is 52.3 Å². The molecule has 0 saturated carbocycles. The van der Waals surface area contributed by atoms with Crippen molar-refractivity contribution in [3.8, 4) is 0 Å². The molecule has 1 amide bonds. The topological polar surface area (TPSA) is 32.8 Å². The van der Waals surface area contributed by atoms with Crippen molar-refractivity contribution in [2.45, 2.75) is 25.2 Å². The van der Waals surface area contributed by atoms with Gasteiger partial charge in [-0.05, 0) is 42.7 Å². The largest absolute Gasteiger partial charge is 0.378 e. The molecule has 0 N–H and O–H groups in total. The van der Waals surface area contributed by atoms with Crippen LogP contribution in [0.1, 0.15) is 41.1 Å². The first-order valence-electron chi connectivity index (χ1n) is 10.1. The first-order valence-corrected chi connectivity index (χ1v) is 10.1. The lowest BCUT2D eigenvalue weighted by atomic mass is 9.94. The Bertz CT molecular complexity index is 739. The summed E-state index contributed by atoms with van der Waals surface area (Å²) in [6.07, 6.45) is 3.42. The van der Waals surface area contributed by atoms with E-state index in [-0.39, 0.29) is 5.91 Å². The molecule has 0 aliphatic carbocycles. The Morgan fingerprint density at radius 3 is 2.37 bits per heavy atom. The zero-order chi connectivity index (χ0) is 18.5. The van der Waals surface area contributed by atoms with E-state index < -0.39 is 0 Å². The van der Waals surface area contributed by atoms with Gasteiger partial charge in [0.2, 0.25) is 0 Å².